The fourth-order valence-corrected chi connectivity index (χ4v) is 1.30. The number of hydrogen-bond acceptors (Lipinski definition) is 5. The zero-order chi connectivity index (χ0) is 11.7. The van der Waals surface area contributed by atoms with Gasteiger partial charge in [-0.05, 0) is 0 Å². The summed E-state index contributed by atoms with van der Waals surface area (Å²) in [4.78, 5) is 26.4. The lowest BCUT2D eigenvalue weighted by atomic mass is 10.3. The topological polar surface area (TPSA) is 99.6 Å². The maximum Gasteiger partial charge on any atom is 0.356 e. The van der Waals surface area contributed by atoms with Gasteiger partial charge in [-0.3, -0.25) is 4.79 Å². The van der Waals surface area contributed by atoms with Crippen LogP contribution < -0.4 is 5.73 Å². The molecule has 0 aromatic carbocycles. The quantitative estimate of drug-likeness (QED) is 0.695. The van der Waals surface area contributed by atoms with Crippen molar-refractivity contribution < 1.29 is 14.3 Å². The molecule has 0 unspecified atom stereocenters. The number of aromatic nitrogens is 3. The van der Waals surface area contributed by atoms with Crippen LogP contribution in [0.2, 0.25) is 0 Å². The van der Waals surface area contributed by atoms with Crippen LogP contribution in [0.25, 0.3) is 5.65 Å². The average Bonchev–Trinajstić information content (AvgIpc) is 2.74. The van der Waals surface area contributed by atoms with Gasteiger partial charge in [-0.2, -0.15) is 5.10 Å². The molecule has 0 atom stereocenters. The van der Waals surface area contributed by atoms with Crippen LogP contribution in [-0.2, 0) is 4.74 Å². The number of esters is 1. The maximum absolute atomic E-state index is 11.3. The molecule has 16 heavy (non-hydrogen) atoms. The minimum Gasteiger partial charge on any atom is -0.464 e. The summed E-state index contributed by atoms with van der Waals surface area (Å²) in [5, 5.41) is 3.87. The molecule has 82 valence electrons. The van der Waals surface area contributed by atoms with Crippen LogP contribution in [0.3, 0.4) is 0 Å². The van der Waals surface area contributed by atoms with Crippen molar-refractivity contribution >= 4 is 17.5 Å². The van der Waals surface area contributed by atoms with Gasteiger partial charge in [-0.15, -0.1) is 0 Å². The molecule has 0 saturated heterocycles. The lowest BCUT2D eigenvalue weighted by Crippen LogP contribution is -2.19. The fraction of sp³-hybridized carbons (Fsp3) is 0.111. The van der Waals surface area contributed by atoms with E-state index in [4.69, 9.17) is 5.73 Å². The summed E-state index contributed by atoms with van der Waals surface area (Å²) >= 11 is 0. The van der Waals surface area contributed by atoms with E-state index in [0.29, 0.717) is 5.65 Å². The Balaban J connectivity index is 2.71. The standard InChI is InChI=1S/C9H8N4O3/c1-16-9(15)5-4-6(8(10)14)13-7(12-5)2-3-11-13/h2-4H,1H3,(H2,10,14). The van der Waals surface area contributed by atoms with Crippen molar-refractivity contribution in [2.24, 2.45) is 5.73 Å². The number of amides is 1. The highest BCUT2D eigenvalue weighted by Crippen LogP contribution is 2.07. The smallest absolute Gasteiger partial charge is 0.356 e. The van der Waals surface area contributed by atoms with E-state index < -0.39 is 11.9 Å². The summed E-state index contributed by atoms with van der Waals surface area (Å²) in [6, 6.07) is 2.80. The molecule has 2 rings (SSSR count). The fourth-order valence-electron chi connectivity index (χ4n) is 1.30. The Hall–Kier alpha value is -2.44. The second kappa shape index (κ2) is 3.61. The maximum atomic E-state index is 11.3. The number of hydrogen-bond donors (Lipinski definition) is 1. The summed E-state index contributed by atoms with van der Waals surface area (Å²) in [6.45, 7) is 0. The van der Waals surface area contributed by atoms with Crippen molar-refractivity contribution in [3.05, 3.63) is 29.7 Å². The minimum atomic E-state index is -0.693. The van der Waals surface area contributed by atoms with E-state index in [-0.39, 0.29) is 11.4 Å². The number of ether oxygens (including phenoxy) is 1. The summed E-state index contributed by atoms with van der Waals surface area (Å²) < 4.78 is 5.77. The van der Waals surface area contributed by atoms with E-state index in [1.807, 2.05) is 0 Å². The number of rotatable bonds is 2. The number of nitrogens with two attached hydrogens (primary N) is 1. The van der Waals surface area contributed by atoms with Gasteiger partial charge in [0.25, 0.3) is 5.91 Å². The molecular weight excluding hydrogens is 212 g/mol. The van der Waals surface area contributed by atoms with Crippen molar-refractivity contribution in [1.29, 1.82) is 0 Å². The van der Waals surface area contributed by atoms with Crippen molar-refractivity contribution in [1.82, 2.24) is 14.6 Å². The first-order valence-corrected chi connectivity index (χ1v) is 4.36. The zero-order valence-corrected chi connectivity index (χ0v) is 8.38. The highest BCUT2D eigenvalue weighted by Gasteiger charge is 2.15. The van der Waals surface area contributed by atoms with Crippen LogP contribution in [0, 0.1) is 0 Å². The van der Waals surface area contributed by atoms with E-state index in [1.54, 1.807) is 6.07 Å². The first-order valence-electron chi connectivity index (χ1n) is 4.36. The number of carbonyl (C=O) groups excluding carboxylic acids is 2. The normalized spacial score (nSPS) is 10.3. The molecule has 7 heteroatoms. The molecule has 0 bridgehead atoms. The Morgan fingerprint density at radius 2 is 2.25 bits per heavy atom. The third-order valence-corrected chi connectivity index (χ3v) is 2.01. The third-order valence-electron chi connectivity index (χ3n) is 2.01. The van der Waals surface area contributed by atoms with E-state index in [1.165, 1.54) is 23.9 Å². The molecule has 0 spiro atoms. The number of carbonyl (C=O) groups is 2. The Bertz CT molecular complexity index is 575. The predicted octanol–water partition coefficient (Wildman–Crippen LogP) is -0.385. The van der Waals surface area contributed by atoms with Gasteiger partial charge in [-0.25, -0.2) is 14.3 Å². The average molecular weight is 220 g/mol. The Morgan fingerprint density at radius 3 is 2.88 bits per heavy atom. The van der Waals surface area contributed by atoms with Gasteiger partial charge in [0.2, 0.25) is 0 Å². The van der Waals surface area contributed by atoms with Gasteiger partial charge in [-0.1, -0.05) is 0 Å². The molecule has 2 heterocycles. The van der Waals surface area contributed by atoms with Crippen molar-refractivity contribution in [3.63, 3.8) is 0 Å². The highest BCUT2D eigenvalue weighted by molar-refractivity contribution is 5.95. The van der Waals surface area contributed by atoms with Crippen molar-refractivity contribution in [3.8, 4) is 0 Å². The summed E-state index contributed by atoms with van der Waals surface area (Å²) in [6.07, 6.45) is 1.45. The lowest BCUT2D eigenvalue weighted by molar-refractivity contribution is 0.0594. The van der Waals surface area contributed by atoms with Crippen LogP contribution in [0.15, 0.2) is 18.3 Å². The highest BCUT2D eigenvalue weighted by atomic mass is 16.5. The predicted molar refractivity (Wildman–Crippen MR) is 52.8 cm³/mol. The molecule has 2 aromatic rings. The zero-order valence-electron chi connectivity index (χ0n) is 8.38. The van der Waals surface area contributed by atoms with Gasteiger partial charge in [0.15, 0.2) is 11.3 Å². The van der Waals surface area contributed by atoms with Gasteiger partial charge in [0, 0.05) is 12.1 Å². The SMILES string of the molecule is COC(=O)c1cc(C(N)=O)n2nccc2n1. The molecule has 0 aliphatic carbocycles. The van der Waals surface area contributed by atoms with Gasteiger partial charge in [0.1, 0.15) is 5.69 Å². The number of methoxy groups -OCH3 is 1. The van der Waals surface area contributed by atoms with Crippen LogP contribution in [0.5, 0.6) is 0 Å². The van der Waals surface area contributed by atoms with Crippen LogP contribution in [0.1, 0.15) is 21.0 Å². The monoisotopic (exact) mass is 220 g/mol. The Kier molecular flexibility index (Phi) is 2.28. The molecule has 0 radical (unpaired) electrons. The van der Waals surface area contributed by atoms with E-state index in [9.17, 15) is 9.59 Å². The summed E-state index contributed by atoms with van der Waals surface area (Å²) in [7, 11) is 1.23. The second-order valence-electron chi connectivity index (χ2n) is 2.98. The van der Waals surface area contributed by atoms with E-state index in [0.717, 1.165) is 0 Å². The summed E-state index contributed by atoms with van der Waals surface area (Å²) in [5.74, 6) is -1.33. The third kappa shape index (κ3) is 1.48. The molecule has 1 amide bonds. The molecule has 0 aliphatic rings. The minimum absolute atomic E-state index is 0.0179. The molecule has 0 saturated carbocycles. The Labute approximate surface area is 89.8 Å². The van der Waals surface area contributed by atoms with Gasteiger partial charge in [0.05, 0.1) is 13.3 Å². The largest absolute Gasteiger partial charge is 0.464 e. The van der Waals surface area contributed by atoms with Crippen LogP contribution >= 0.6 is 0 Å². The van der Waals surface area contributed by atoms with Crippen LogP contribution in [0.4, 0.5) is 0 Å². The first kappa shape index (κ1) is 10.1. The van der Waals surface area contributed by atoms with E-state index in [2.05, 4.69) is 14.8 Å². The molecule has 2 N–H and O–H groups in total. The van der Waals surface area contributed by atoms with Gasteiger partial charge < -0.3 is 10.5 Å². The molecule has 0 aliphatic heterocycles. The van der Waals surface area contributed by atoms with E-state index >= 15 is 0 Å². The number of nitrogens with zero attached hydrogens (tertiary/aromatic N) is 3. The van der Waals surface area contributed by atoms with Crippen molar-refractivity contribution in [2.45, 2.75) is 0 Å². The van der Waals surface area contributed by atoms with Gasteiger partial charge >= 0.3 is 5.97 Å². The number of fused-ring (bicyclic) bond motifs is 1. The Morgan fingerprint density at radius 1 is 1.50 bits per heavy atom. The molecular formula is C9H8N4O3. The second-order valence-corrected chi connectivity index (χ2v) is 2.98. The van der Waals surface area contributed by atoms with Crippen LogP contribution in [-0.4, -0.2) is 33.6 Å². The summed E-state index contributed by atoms with van der Waals surface area (Å²) in [5.41, 5.74) is 5.62. The first-order chi connectivity index (χ1) is 7.63. The lowest BCUT2D eigenvalue weighted by Gasteiger charge is -2.03. The van der Waals surface area contributed by atoms with Crippen molar-refractivity contribution in [2.75, 3.05) is 7.11 Å². The molecule has 0 fully saturated rings. The number of primary amides is 1. The molecule has 7 nitrogen and oxygen atoms in total. The molecule has 2 aromatic heterocycles.